The van der Waals surface area contributed by atoms with Gasteiger partial charge in [0, 0.05) is 23.7 Å². The number of carbonyl (C=O) groups excluding carboxylic acids is 1. The number of morpholine rings is 1. The average Bonchev–Trinajstić information content (AvgIpc) is 2.39. The maximum absolute atomic E-state index is 11.9. The molecule has 0 bridgehead atoms. The molecule has 0 aromatic heterocycles. The van der Waals surface area contributed by atoms with Crippen LogP contribution in [-0.2, 0) is 9.53 Å². The van der Waals surface area contributed by atoms with Crippen LogP contribution in [0.15, 0.2) is 29.2 Å². The van der Waals surface area contributed by atoms with Crippen molar-refractivity contribution in [2.75, 3.05) is 37.8 Å². The van der Waals surface area contributed by atoms with Crippen molar-refractivity contribution in [2.45, 2.75) is 4.90 Å². The van der Waals surface area contributed by atoms with E-state index in [4.69, 9.17) is 10.5 Å². The van der Waals surface area contributed by atoms with E-state index in [1.165, 1.54) is 0 Å². The number of thioether (sulfide) groups is 1. The second-order valence-electron chi connectivity index (χ2n) is 3.85. The van der Waals surface area contributed by atoms with Crippen molar-refractivity contribution in [1.82, 2.24) is 4.90 Å². The van der Waals surface area contributed by atoms with Crippen molar-refractivity contribution in [3.05, 3.63) is 24.3 Å². The van der Waals surface area contributed by atoms with Gasteiger partial charge in [0.15, 0.2) is 0 Å². The Morgan fingerprint density at radius 2 is 1.94 bits per heavy atom. The molecular formula is C12H16N2O2S. The lowest BCUT2D eigenvalue weighted by molar-refractivity contribution is -0.132. The first-order valence-electron chi connectivity index (χ1n) is 5.59. The van der Waals surface area contributed by atoms with Gasteiger partial charge < -0.3 is 15.4 Å². The fraction of sp³-hybridized carbons (Fsp3) is 0.417. The van der Waals surface area contributed by atoms with E-state index in [1.54, 1.807) is 11.8 Å². The number of hydrogen-bond acceptors (Lipinski definition) is 4. The number of ether oxygens (including phenoxy) is 1. The molecule has 1 saturated heterocycles. The van der Waals surface area contributed by atoms with Crippen molar-refractivity contribution in [2.24, 2.45) is 0 Å². The fourth-order valence-electron chi connectivity index (χ4n) is 1.61. The van der Waals surface area contributed by atoms with Crippen LogP contribution in [-0.4, -0.2) is 42.9 Å². The van der Waals surface area contributed by atoms with Gasteiger partial charge in [0.2, 0.25) is 5.91 Å². The van der Waals surface area contributed by atoms with E-state index < -0.39 is 0 Å². The third-order valence-electron chi connectivity index (χ3n) is 2.61. The lowest BCUT2D eigenvalue weighted by atomic mass is 10.3. The van der Waals surface area contributed by atoms with Crippen LogP contribution < -0.4 is 5.73 Å². The minimum atomic E-state index is 0.176. The molecule has 92 valence electrons. The van der Waals surface area contributed by atoms with E-state index >= 15 is 0 Å². The highest BCUT2D eigenvalue weighted by Crippen LogP contribution is 2.19. The highest BCUT2D eigenvalue weighted by molar-refractivity contribution is 8.00. The summed E-state index contributed by atoms with van der Waals surface area (Å²) in [6, 6.07) is 7.57. The Kier molecular flexibility index (Phi) is 4.28. The van der Waals surface area contributed by atoms with Crippen molar-refractivity contribution in [3.8, 4) is 0 Å². The number of nitrogens with two attached hydrogens (primary N) is 1. The van der Waals surface area contributed by atoms with E-state index in [0.717, 1.165) is 10.6 Å². The van der Waals surface area contributed by atoms with Crippen molar-refractivity contribution in [3.63, 3.8) is 0 Å². The van der Waals surface area contributed by atoms with Gasteiger partial charge in [-0.2, -0.15) is 0 Å². The maximum atomic E-state index is 11.9. The maximum Gasteiger partial charge on any atom is 0.233 e. The van der Waals surface area contributed by atoms with Gasteiger partial charge in [-0.25, -0.2) is 0 Å². The monoisotopic (exact) mass is 252 g/mol. The Labute approximate surface area is 105 Å². The quantitative estimate of drug-likeness (QED) is 0.649. The normalized spacial score (nSPS) is 15.9. The highest BCUT2D eigenvalue weighted by Gasteiger charge is 2.16. The van der Waals surface area contributed by atoms with Gasteiger partial charge in [0.05, 0.1) is 19.0 Å². The smallest absolute Gasteiger partial charge is 0.233 e. The predicted molar refractivity (Wildman–Crippen MR) is 69.0 cm³/mol. The molecule has 0 spiro atoms. The first-order chi connectivity index (χ1) is 8.25. The molecule has 1 heterocycles. The van der Waals surface area contributed by atoms with Crippen LogP contribution in [0, 0.1) is 0 Å². The van der Waals surface area contributed by atoms with Crippen molar-refractivity contribution in [1.29, 1.82) is 0 Å². The predicted octanol–water partition coefficient (Wildman–Crippen LogP) is 1.22. The number of nitrogens with zero attached hydrogens (tertiary/aromatic N) is 1. The molecule has 0 atom stereocenters. The van der Waals surface area contributed by atoms with Gasteiger partial charge in [-0.1, -0.05) is 0 Å². The van der Waals surface area contributed by atoms with Crippen LogP contribution in [0.2, 0.25) is 0 Å². The number of carbonyl (C=O) groups is 1. The first-order valence-corrected chi connectivity index (χ1v) is 6.58. The molecule has 1 fully saturated rings. The molecule has 2 N–H and O–H groups in total. The zero-order valence-corrected chi connectivity index (χ0v) is 10.4. The summed E-state index contributed by atoms with van der Waals surface area (Å²) in [6.45, 7) is 2.72. The average molecular weight is 252 g/mol. The van der Waals surface area contributed by atoms with Crippen LogP contribution in [0.1, 0.15) is 0 Å². The fourth-order valence-corrected chi connectivity index (χ4v) is 2.41. The minimum absolute atomic E-state index is 0.176. The molecule has 0 unspecified atom stereocenters. The molecule has 2 rings (SSSR count). The topological polar surface area (TPSA) is 55.6 Å². The standard InChI is InChI=1S/C12H16N2O2S/c13-10-1-3-11(4-2-10)17-9-12(15)14-5-7-16-8-6-14/h1-4H,5-9,13H2. The second kappa shape index (κ2) is 5.93. The lowest BCUT2D eigenvalue weighted by Gasteiger charge is -2.26. The Bertz CT molecular complexity index is 375. The summed E-state index contributed by atoms with van der Waals surface area (Å²) < 4.78 is 5.21. The Morgan fingerprint density at radius 1 is 1.29 bits per heavy atom. The Balaban J connectivity index is 1.81. The number of anilines is 1. The summed E-state index contributed by atoms with van der Waals surface area (Å²) in [5.74, 6) is 0.652. The lowest BCUT2D eigenvalue weighted by Crippen LogP contribution is -2.41. The van der Waals surface area contributed by atoms with Crippen LogP contribution >= 0.6 is 11.8 Å². The van der Waals surface area contributed by atoms with Crippen molar-refractivity contribution >= 4 is 23.4 Å². The largest absolute Gasteiger partial charge is 0.399 e. The summed E-state index contributed by atoms with van der Waals surface area (Å²) >= 11 is 1.54. The second-order valence-corrected chi connectivity index (χ2v) is 4.90. The van der Waals surface area contributed by atoms with E-state index in [1.807, 2.05) is 29.2 Å². The SMILES string of the molecule is Nc1ccc(SCC(=O)N2CCOCC2)cc1. The molecule has 1 aromatic rings. The zero-order valence-electron chi connectivity index (χ0n) is 9.59. The third kappa shape index (κ3) is 3.64. The highest BCUT2D eigenvalue weighted by atomic mass is 32.2. The molecule has 1 aliphatic rings. The molecule has 0 radical (unpaired) electrons. The summed E-state index contributed by atoms with van der Waals surface area (Å²) in [5, 5.41) is 0. The van der Waals surface area contributed by atoms with Gasteiger partial charge >= 0.3 is 0 Å². The molecule has 0 aliphatic carbocycles. The minimum Gasteiger partial charge on any atom is -0.399 e. The van der Waals surface area contributed by atoms with Gasteiger partial charge in [0.25, 0.3) is 0 Å². The number of rotatable bonds is 3. The summed E-state index contributed by atoms with van der Waals surface area (Å²) in [6.07, 6.45) is 0. The molecule has 17 heavy (non-hydrogen) atoms. The Hall–Kier alpha value is -1.20. The van der Waals surface area contributed by atoms with Gasteiger partial charge in [-0.05, 0) is 24.3 Å². The van der Waals surface area contributed by atoms with E-state index in [2.05, 4.69) is 0 Å². The molecule has 5 heteroatoms. The number of nitrogen functional groups attached to an aromatic ring is 1. The molecule has 4 nitrogen and oxygen atoms in total. The molecular weight excluding hydrogens is 236 g/mol. The Morgan fingerprint density at radius 3 is 2.59 bits per heavy atom. The first kappa shape index (κ1) is 12.3. The summed E-state index contributed by atoms with van der Waals surface area (Å²) in [7, 11) is 0. The van der Waals surface area contributed by atoms with Crippen molar-refractivity contribution < 1.29 is 9.53 Å². The molecule has 1 amide bonds. The van der Waals surface area contributed by atoms with Gasteiger partial charge in [-0.15, -0.1) is 11.8 Å². The van der Waals surface area contributed by atoms with E-state index in [-0.39, 0.29) is 5.91 Å². The zero-order chi connectivity index (χ0) is 12.1. The van der Waals surface area contributed by atoms with Crippen LogP contribution in [0.4, 0.5) is 5.69 Å². The molecule has 1 aromatic carbocycles. The third-order valence-corrected chi connectivity index (χ3v) is 3.60. The van der Waals surface area contributed by atoms with E-state index in [9.17, 15) is 4.79 Å². The van der Waals surface area contributed by atoms with E-state index in [0.29, 0.717) is 32.1 Å². The van der Waals surface area contributed by atoms with Crippen LogP contribution in [0.25, 0.3) is 0 Å². The number of benzene rings is 1. The number of hydrogen-bond donors (Lipinski definition) is 1. The van der Waals surface area contributed by atoms with Crippen LogP contribution in [0.3, 0.4) is 0 Å². The number of amides is 1. The molecule has 1 aliphatic heterocycles. The van der Waals surface area contributed by atoms with Gasteiger partial charge in [0.1, 0.15) is 0 Å². The molecule has 0 saturated carbocycles. The summed E-state index contributed by atoms with van der Waals surface area (Å²) in [5.41, 5.74) is 6.35. The van der Waals surface area contributed by atoms with Crippen LogP contribution in [0.5, 0.6) is 0 Å². The summed E-state index contributed by atoms with van der Waals surface area (Å²) in [4.78, 5) is 14.8. The van der Waals surface area contributed by atoms with Gasteiger partial charge in [-0.3, -0.25) is 4.79 Å².